The molecule has 3 aromatic rings. The van der Waals surface area contributed by atoms with Gasteiger partial charge < -0.3 is 14.8 Å². The number of benzene rings is 2. The molecular formula is C26H29N3O5S. The highest BCUT2D eigenvalue weighted by Crippen LogP contribution is 2.51. The van der Waals surface area contributed by atoms with Gasteiger partial charge in [0, 0.05) is 27.3 Å². The first-order chi connectivity index (χ1) is 16.6. The van der Waals surface area contributed by atoms with Crippen molar-refractivity contribution in [3.63, 3.8) is 0 Å². The first-order valence-electron chi connectivity index (χ1n) is 11.3. The van der Waals surface area contributed by atoms with Gasteiger partial charge >= 0.3 is 0 Å². The second-order valence-electron chi connectivity index (χ2n) is 9.19. The highest BCUT2D eigenvalue weighted by Gasteiger charge is 2.52. The first kappa shape index (κ1) is 23.3. The van der Waals surface area contributed by atoms with Crippen LogP contribution in [-0.4, -0.2) is 44.5 Å². The maximum Gasteiger partial charge on any atom is 0.242 e. The summed E-state index contributed by atoms with van der Waals surface area (Å²) in [4.78, 5) is 18.1. The van der Waals surface area contributed by atoms with Gasteiger partial charge in [-0.1, -0.05) is 18.2 Å². The van der Waals surface area contributed by atoms with Gasteiger partial charge in [-0.25, -0.2) is 17.7 Å². The van der Waals surface area contributed by atoms with Gasteiger partial charge in [0.25, 0.3) is 0 Å². The highest BCUT2D eigenvalue weighted by atomic mass is 32.2. The fraction of sp³-hybridized carbons (Fsp3) is 0.308. The van der Waals surface area contributed by atoms with Crippen molar-refractivity contribution in [1.82, 2.24) is 9.29 Å². The molecule has 9 heteroatoms. The molecule has 1 amide bonds. The number of fused-ring (bicyclic) bond motifs is 1. The molecule has 0 radical (unpaired) electrons. The van der Waals surface area contributed by atoms with Crippen molar-refractivity contribution >= 4 is 21.7 Å². The number of hydrogen-bond acceptors (Lipinski definition) is 6. The van der Waals surface area contributed by atoms with E-state index in [1.165, 1.54) is 18.4 Å². The lowest BCUT2D eigenvalue weighted by Crippen LogP contribution is -2.28. The lowest BCUT2D eigenvalue weighted by atomic mass is 9.94. The van der Waals surface area contributed by atoms with Gasteiger partial charge in [0.2, 0.25) is 22.7 Å². The van der Waals surface area contributed by atoms with Crippen molar-refractivity contribution in [2.24, 2.45) is 0 Å². The van der Waals surface area contributed by atoms with Crippen LogP contribution in [0.3, 0.4) is 0 Å². The minimum atomic E-state index is -3.55. The van der Waals surface area contributed by atoms with Crippen LogP contribution in [0.15, 0.2) is 53.6 Å². The van der Waals surface area contributed by atoms with Gasteiger partial charge in [0.15, 0.2) is 11.5 Å². The zero-order valence-corrected chi connectivity index (χ0v) is 20.9. The van der Waals surface area contributed by atoms with Crippen LogP contribution < -0.4 is 14.8 Å². The third kappa shape index (κ3) is 3.94. The maximum absolute atomic E-state index is 13.3. The van der Waals surface area contributed by atoms with E-state index in [9.17, 15) is 13.2 Å². The number of nitrogens with one attached hydrogen (secondary N) is 1. The SMILES string of the molecule is Cc1c(-c2cccc(S(=O)(=O)N(C)C)c2)cnc(NC(=O)C2(c3ccc4c(c3)OCO4)CC2)c1C.[HH]. The van der Waals surface area contributed by atoms with Crippen molar-refractivity contribution < 1.29 is 24.1 Å². The molecule has 2 heterocycles. The van der Waals surface area contributed by atoms with Crippen LogP contribution in [0, 0.1) is 13.8 Å². The third-order valence-electron chi connectivity index (χ3n) is 6.91. The summed E-state index contributed by atoms with van der Waals surface area (Å²) in [6.07, 6.45) is 3.18. The third-order valence-corrected chi connectivity index (χ3v) is 8.72. The number of anilines is 1. The van der Waals surface area contributed by atoms with Crippen LogP contribution >= 0.6 is 0 Å². The van der Waals surface area contributed by atoms with E-state index in [2.05, 4.69) is 10.3 Å². The Bertz CT molecular complexity index is 1450. The molecule has 184 valence electrons. The van der Waals surface area contributed by atoms with Crippen molar-refractivity contribution in [2.45, 2.75) is 37.0 Å². The Kier molecular flexibility index (Phi) is 5.56. The Balaban J connectivity index is 0.00000304. The van der Waals surface area contributed by atoms with Crippen molar-refractivity contribution in [2.75, 3.05) is 26.2 Å². The molecule has 2 aliphatic rings. The maximum atomic E-state index is 13.3. The number of carbonyl (C=O) groups is 1. The summed E-state index contributed by atoms with van der Waals surface area (Å²) in [7, 11) is -0.542. The first-order valence-corrected chi connectivity index (χ1v) is 12.8. The number of carbonyl (C=O) groups excluding carboxylic acids is 1. The summed E-state index contributed by atoms with van der Waals surface area (Å²) in [5.41, 5.74) is 3.62. The van der Waals surface area contributed by atoms with E-state index < -0.39 is 15.4 Å². The van der Waals surface area contributed by atoms with Gasteiger partial charge in [0.05, 0.1) is 10.3 Å². The van der Waals surface area contributed by atoms with Gasteiger partial charge in [-0.3, -0.25) is 4.79 Å². The molecule has 1 N–H and O–H groups in total. The molecule has 0 saturated heterocycles. The Hall–Kier alpha value is -3.43. The summed E-state index contributed by atoms with van der Waals surface area (Å²) in [6, 6.07) is 12.5. The van der Waals surface area contributed by atoms with Crippen molar-refractivity contribution in [3.05, 3.63) is 65.4 Å². The molecule has 35 heavy (non-hydrogen) atoms. The van der Waals surface area contributed by atoms with E-state index in [0.717, 1.165) is 40.7 Å². The summed E-state index contributed by atoms with van der Waals surface area (Å²) >= 11 is 0. The van der Waals surface area contributed by atoms with Gasteiger partial charge in [-0.15, -0.1) is 0 Å². The van der Waals surface area contributed by atoms with Gasteiger partial charge in [-0.2, -0.15) is 0 Å². The molecule has 2 aromatic carbocycles. The number of sulfonamides is 1. The Morgan fingerprint density at radius 2 is 1.80 bits per heavy atom. The second-order valence-corrected chi connectivity index (χ2v) is 11.3. The Labute approximate surface area is 206 Å². The fourth-order valence-corrected chi connectivity index (χ4v) is 5.30. The average Bonchev–Trinajstić information content (AvgIpc) is 3.53. The zero-order valence-electron chi connectivity index (χ0n) is 20.1. The normalized spacial score (nSPS) is 15.8. The topological polar surface area (TPSA) is 97.8 Å². The summed E-state index contributed by atoms with van der Waals surface area (Å²) in [5, 5.41) is 3.02. The molecule has 0 bridgehead atoms. The molecule has 1 aromatic heterocycles. The Morgan fingerprint density at radius 3 is 2.51 bits per heavy atom. The minimum Gasteiger partial charge on any atom is -0.454 e. The number of amides is 1. The van der Waals surface area contributed by atoms with Crippen LogP contribution in [0.25, 0.3) is 11.1 Å². The van der Waals surface area contributed by atoms with E-state index in [1.807, 2.05) is 38.1 Å². The zero-order chi connectivity index (χ0) is 25.0. The molecular weight excluding hydrogens is 466 g/mol. The fourth-order valence-electron chi connectivity index (χ4n) is 4.35. The average molecular weight is 496 g/mol. The molecule has 1 fully saturated rings. The van der Waals surface area contributed by atoms with Gasteiger partial charge in [-0.05, 0) is 73.2 Å². The molecule has 0 atom stereocenters. The smallest absolute Gasteiger partial charge is 0.242 e. The molecule has 1 aliphatic carbocycles. The van der Waals surface area contributed by atoms with E-state index in [4.69, 9.17) is 9.47 Å². The minimum absolute atomic E-state index is 0. The van der Waals surface area contributed by atoms with Crippen LogP contribution in [0.1, 0.15) is 31.0 Å². The molecule has 0 unspecified atom stereocenters. The predicted molar refractivity (Wildman–Crippen MR) is 134 cm³/mol. The Morgan fingerprint density at radius 1 is 1.06 bits per heavy atom. The van der Waals surface area contributed by atoms with Crippen LogP contribution in [-0.2, 0) is 20.2 Å². The van der Waals surface area contributed by atoms with E-state index in [-0.39, 0.29) is 19.0 Å². The number of aromatic nitrogens is 1. The molecule has 1 saturated carbocycles. The van der Waals surface area contributed by atoms with Crippen molar-refractivity contribution in [3.8, 4) is 22.6 Å². The lowest BCUT2D eigenvalue weighted by Gasteiger charge is -2.19. The molecule has 8 nitrogen and oxygen atoms in total. The number of ether oxygens (including phenoxy) is 2. The monoisotopic (exact) mass is 495 g/mol. The number of rotatable bonds is 6. The highest BCUT2D eigenvalue weighted by molar-refractivity contribution is 7.89. The van der Waals surface area contributed by atoms with Crippen LogP contribution in [0.5, 0.6) is 11.5 Å². The summed E-state index contributed by atoms with van der Waals surface area (Å²) in [6.45, 7) is 4.04. The number of hydrogen-bond donors (Lipinski definition) is 1. The summed E-state index contributed by atoms with van der Waals surface area (Å²) in [5.74, 6) is 1.75. The number of pyridine rings is 1. The van der Waals surface area contributed by atoms with E-state index >= 15 is 0 Å². The molecule has 5 rings (SSSR count). The summed E-state index contributed by atoms with van der Waals surface area (Å²) < 4.78 is 37.2. The van der Waals surface area contributed by atoms with E-state index in [0.29, 0.717) is 17.3 Å². The van der Waals surface area contributed by atoms with Gasteiger partial charge in [0.1, 0.15) is 5.82 Å². The quantitative estimate of drug-likeness (QED) is 0.549. The largest absolute Gasteiger partial charge is 0.454 e. The lowest BCUT2D eigenvalue weighted by molar-refractivity contribution is -0.118. The predicted octanol–water partition coefficient (Wildman–Crippen LogP) is 4.26. The van der Waals surface area contributed by atoms with Crippen molar-refractivity contribution in [1.29, 1.82) is 0 Å². The van der Waals surface area contributed by atoms with E-state index in [1.54, 1.807) is 24.4 Å². The number of nitrogens with zero attached hydrogens (tertiary/aromatic N) is 2. The second kappa shape index (κ2) is 8.35. The molecule has 0 spiro atoms. The molecule has 1 aliphatic heterocycles. The van der Waals surface area contributed by atoms with Crippen LogP contribution in [0.4, 0.5) is 5.82 Å². The standard InChI is InChI=1S/C26H27N3O5S.H2/c1-16-17(2)24(27-14-21(16)18-6-5-7-20(12-18)35(31,32)29(3)4)28-25(30)26(10-11-26)19-8-9-22-23(13-19)34-15-33-22;/h5-9,12-14H,10-11,15H2,1-4H3,(H,27,28,30);1H. The van der Waals surface area contributed by atoms with Crippen LogP contribution in [0.2, 0.25) is 0 Å².